The Bertz CT molecular complexity index is 604. The number of ether oxygens (including phenoxy) is 1. The van der Waals surface area contributed by atoms with Crippen molar-refractivity contribution >= 4 is 44.7 Å². The van der Waals surface area contributed by atoms with Gasteiger partial charge >= 0.3 is 5.97 Å². The number of methoxy groups -OCH3 is 1. The first-order valence-electron chi connectivity index (χ1n) is 4.14. The Morgan fingerprint density at radius 3 is 2.59 bits per heavy atom. The van der Waals surface area contributed by atoms with Gasteiger partial charge in [-0.25, -0.2) is 9.59 Å². The van der Waals surface area contributed by atoms with Crippen LogP contribution in [0.3, 0.4) is 0 Å². The van der Waals surface area contributed by atoms with Crippen LogP contribution in [0, 0.1) is 3.57 Å². The fraction of sp³-hybridized carbons (Fsp3) is 0.111. The molecule has 0 bridgehead atoms. The zero-order valence-electron chi connectivity index (χ0n) is 8.51. The number of nitrogens with zero attached hydrogens (tertiary/aromatic N) is 1. The number of halogens is 1. The van der Waals surface area contributed by atoms with Gasteiger partial charge in [-0.3, -0.25) is 0 Å². The number of esters is 1. The van der Waals surface area contributed by atoms with Crippen LogP contribution in [0.1, 0.15) is 10.4 Å². The highest BCUT2D eigenvalue weighted by Gasteiger charge is 2.17. The minimum absolute atomic E-state index is 0.0686. The van der Waals surface area contributed by atoms with E-state index in [0.29, 0.717) is 3.57 Å². The average molecular weight is 367 g/mol. The molecule has 0 unspecified atom stereocenters. The summed E-state index contributed by atoms with van der Waals surface area (Å²) in [6.07, 6.45) is 0.957. The lowest BCUT2D eigenvalue weighted by Gasteiger charge is -2.03. The fourth-order valence-electron chi connectivity index (χ4n) is 1.05. The van der Waals surface area contributed by atoms with E-state index >= 15 is 0 Å². The second-order valence-electron chi connectivity index (χ2n) is 2.82. The number of benzene rings is 1. The van der Waals surface area contributed by atoms with E-state index in [1.807, 2.05) is 22.6 Å². The fourth-order valence-corrected chi connectivity index (χ4v) is 2.69. The van der Waals surface area contributed by atoms with Gasteiger partial charge in [-0.15, -0.1) is 0 Å². The summed E-state index contributed by atoms with van der Waals surface area (Å²) in [6.45, 7) is 0. The molecule has 0 aliphatic heterocycles. The van der Waals surface area contributed by atoms with Crippen molar-refractivity contribution in [2.24, 2.45) is 4.40 Å². The lowest BCUT2D eigenvalue weighted by atomic mass is 10.2. The normalized spacial score (nSPS) is 10.5. The SMILES string of the molecule is COC(=O)c1cc(I)cc(S(=O)(=O)N=C=O)c1. The van der Waals surface area contributed by atoms with Crippen LogP contribution in [0.25, 0.3) is 0 Å². The number of sulfonamides is 1. The Morgan fingerprint density at radius 2 is 2.06 bits per heavy atom. The van der Waals surface area contributed by atoms with Crippen molar-refractivity contribution < 1.29 is 22.7 Å². The summed E-state index contributed by atoms with van der Waals surface area (Å²) < 4.78 is 30.6. The highest BCUT2D eigenvalue weighted by Crippen LogP contribution is 2.19. The lowest BCUT2D eigenvalue weighted by Crippen LogP contribution is -2.05. The predicted octanol–water partition coefficient (Wildman–Crippen LogP) is 1.10. The topological polar surface area (TPSA) is 89.9 Å². The smallest absolute Gasteiger partial charge is 0.337 e. The van der Waals surface area contributed by atoms with Gasteiger partial charge in [0.25, 0.3) is 16.1 Å². The average Bonchev–Trinajstić information content (AvgIpc) is 2.27. The van der Waals surface area contributed by atoms with Crippen molar-refractivity contribution in [2.75, 3.05) is 7.11 Å². The van der Waals surface area contributed by atoms with E-state index in [2.05, 4.69) is 9.13 Å². The molecular weight excluding hydrogens is 361 g/mol. The summed E-state index contributed by atoms with van der Waals surface area (Å²) in [6, 6.07) is 3.82. The van der Waals surface area contributed by atoms with Crippen LogP contribution in [0.4, 0.5) is 0 Å². The molecule has 0 saturated heterocycles. The van der Waals surface area contributed by atoms with E-state index in [4.69, 9.17) is 0 Å². The second-order valence-corrected chi connectivity index (χ2v) is 5.67. The van der Waals surface area contributed by atoms with Gasteiger partial charge in [0.05, 0.1) is 17.6 Å². The predicted molar refractivity (Wildman–Crippen MR) is 65.8 cm³/mol. The van der Waals surface area contributed by atoms with Gasteiger partial charge in [0.2, 0.25) is 0 Å². The maximum Gasteiger partial charge on any atom is 0.337 e. The van der Waals surface area contributed by atoms with Gasteiger partial charge < -0.3 is 4.74 Å². The Balaban J connectivity index is 3.42. The maximum absolute atomic E-state index is 11.5. The van der Waals surface area contributed by atoms with E-state index < -0.39 is 16.0 Å². The van der Waals surface area contributed by atoms with E-state index in [1.54, 1.807) is 0 Å². The van der Waals surface area contributed by atoms with Crippen LogP contribution >= 0.6 is 22.6 Å². The van der Waals surface area contributed by atoms with Crippen LogP contribution < -0.4 is 0 Å². The van der Waals surface area contributed by atoms with Crippen molar-refractivity contribution in [1.29, 1.82) is 0 Å². The highest BCUT2D eigenvalue weighted by molar-refractivity contribution is 14.1. The van der Waals surface area contributed by atoms with E-state index in [-0.39, 0.29) is 10.5 Å². The molecule has 17 heavy (non-hydrogen) atoms. The lowest BCUT2D eigenvalue weighted by molar-refractivity contribution is 0.0600. The Hall–Kier alpha value is -1.25. The van der Waals surface area contributed by atoms with Gasteiger partial charge in [0, 0.05) is 3.57 Å². The molecule has 0 saturated carbocycles. The van der Waals surface area contributed by atoms with Gasteiger partial charge in [-0.1, -0.05) is 4.40 Å². The molecule has 6 nitrogen and oxygen atoms in total. The van der Waals surface area contributed by atoms with Crippen LogP contribution in [0.2, 0.25) is 0 Å². The highest BCUT2D eigenvalue weighted by atomic mass is 127. The summed E-state index contributed by atoms with van der Waals surface area (Å²) in [5.74, 6) is -0.671. The quantitative estimate of drug-likeness (QED) is 0.346. The molecule has 1 rings (SSSR count). The van der Waals surface area contributed by atoms with Crippen molar-refractivity contribution in [3.8, 4) is 0 Å². The third-order valence-corrected chi connectivity index (χ3v) is 3.52. The van der Waals surface area contributed by atoms with E-state index in [1.165, 1.54) is 19.2 Å². The maximum atomic E-state index is 11.5. The third kappa shape index (κ3) is 3.35. The standard InChI is InChI=1S/C9H6INO5S/c1-16-9(13)6-2-7(10)4-8(3-6)17(14,15)11-5-12/h2-4H,1H3. The van der Waals surface area contributed by atoms with Crippen molar-refractivity contribution in [3.63, 3.8) is 0 Å². The molecule has 1 aromatic rings. The molecule has 0 aliphatic carbocycles. The number of carbonyl (C=O) groups excluding carboxylic acids is 2. The van der Waals surface area contributed by atoms with Gasteiger partial charge in [-0.2, -0.15) is 8.42 Å². The zero-order chi connectivity index (χ0) is 13.1. The first kappa shape index (κ1) is 13.8. The second kappa shape index (κ2) is 5.39. The number of hydrogen-bond donors (Lipinski definition) is 0. The molecule has 0 aromatic heterocycles. The molecule has 90 valence electrons. The van der Waals surface area contributed by atoms with Crippen molar-refractivity contribution in [1.82, 2.24) is 0 Å². The summed E-state index contributed by atoms with van der Waals surface area (Å²) >= 11 is 1.84. The number of rotatable bonds is 3. The molecule has 0 N–H and O–H groups in total. The minimum Gasteiger partial charge on any atom is -0.465 e. The number of carbonyl (C=O) groups is 1. The van der Waals surface area contributed by atoms with Crippen LogP contribution in [-0.4, -0.2) is 27.6 Å². The zero-order valence-corrected chi connectivity index (χ0v) is 11.5. The molecule has 0 atom stereocenters. The minimum atomic E-state index is -4.11. The van der Waals surface area contributed by atoms with Crippen molar-refractivity contribution in [2.45, 2.75) is 4.90 Å². The molecule has 0 heterocycles. The summed E-state index contributed by atoms with van der Waals surface area (Å²) in [5, 5.41) is 0. The summed E-state index contributed by atoms with van der Waals surface area (Å²) in [4.78, 5) is 21.0. The first-order valence-corrected chi connectivity index (χ1v) is 6.65. The van der Waals surface area contributed by atoms with Crippen LogP contribution in [0.5, 0.6) is 0 Å². The van der Waals surface area contributed by atoms with Gasteiger partial charge in [0.1, 0.15) is 0 Å². The molecule has 0 amide bonds. The largest absolute Gasteiger partial charge is 0.465 e. The third-order valence-electron chi connectivity index (χ3n) is 1.75. The summed E-state index contributed by atoms with van der Waals surface area (Å²) in [5.41, 5.74) is 0.0686. The number of hydrogen-bond acceptors (Lipinski definition) is 5. The van der Waals surface area contributed by atoms with Crippen LogP contribution in [0.15, 0.2) is 27.5 Å². The molecule has 8 heteroatoms. The first-order chi connectivity index (χ1) is 7.90. The molecule has 0 spiro atoms. The summed E-state index contributed by atoms with van der Waals surface area (Å²) in [7, 11) is -2.93. The Kier molecular flexibility index (Phi) is 4.38. The van der Waals surface area contributed by atoms with E-state index in [0.717, 1.165) is 12.1 Å². The molecule has 0 aliphatic rings. The Morgan fingerprint density at radius 1 is 1.41 bits per heavy atom. The Labute approximate surface area is 111 Å². The molecular formula is C9H6INO5S. The molecule has 1 aromatic carbocycles. The van der Waals surface area contributed by atoms with E-state index in [9.17, 15) is 18.0 Å². The van der Waals surface area contributed by atoms with Crippen LogP contribution in [-0.2, 0) is 19.6 Å². The molecule has 0 radical (unpaired) electrons. The van der Waals surface area contributed by atoms with Gasteiger partial charge in [-0.05, 0) is 40.8 Å². The van der Waals surface area contributed by atoms with Gasteiger partial charge in [0.15, 0.2) is 0 Å². The monoisotopic (exact) mass is 367 g/mol. The molecule has 0 fully saturated rings. The van der Waals surface area contributed by atoms with Crippen molar-refractivity contribution in [3.05, 3.63) is 27.3 Å². The number of isocyanates is 1.